The summed E-state index contributed by atoms with van der Waals surface area (Å²) in [7, 11) is 0. The molecule has 1 aliphatic heterocycles. The van der Waals surface area contributed by atoms with E-state index in [-0.39, 0.29) is 29.9 Å². The zero-order valence-electron chi connectivity index (χ0n) is 23.6. The van der Waals surface area contributed by atoms with E-state index in [9.17, 15) is 9.90 Å². The number of thioether (sulfide) groups is 1. The fraction of sp³-hybridized carbons (Fsp3) is 0.212. The number of hydrogen-bond acceptors (Lipinski definition) is 5. The molecule has 1 atom stereocenters. The number of carbonyl (C=O) groups excluding carboxylic acids is 1. The average molecular weight is 603 g/mol. The second kappa shape index (κ2) is 13.2. The zero-order chi connectivity index (χ0) is 29.0. The lowest BCUT2D eigenvalue weighted by Gasteiger charge is -2.37. The third-order valence-corrected chi connectivity index (χ3v) is 8.37. The Kier molecular flexibility index (Phi) is 9.70. The number of phenols is 1. The minimum absolute atomic E-state index is 0. The number of amides is 1. The van der Waals surface area contributed by atoms with Crippen molar-refractivity contribution in [3.63, 3.8) is 0 Å². The Balaban J connectivity index is 0.00000405. The van der Waals surface area contributed by atoms with E-state index in [0.29, 0.717) is 11.4 Å². The summed E-state index contributed by atoms with van der Waals surface area (Å²) in [4.78, 5) is 17.5. The van der Waals surface area contributed by atoms with Gasteiger partial charge >= 0.3 is 0 Å². The summed E-state index contributed by atoms with van der Waals surface area (Å²) >= 11 is 1.77. The number of anilines is 1. The van der Waals surface area contributed by atoms with E-state index in [1.807, 2.05) is 67.6 Å². The summed E-state index contributed by atoms with van der Waals surface area (Å²) < 4.78 is 6.65. The van der Waals surface area contributed by atoms with Gasteiger partial charge in [-0.05, 0) is 86.7 Å². The predicted molar refractivity (Wildman–Crippen MR) is 176 cm³/mol. The molecule has 4 aromatic carbocycles. The van der Waals surface area contributed by atoms with E-state index in [0.717, 1.165) is 68.8 Å². The van der Waals surface area contributed by atoms with E-state index in [1.54, 1.807) is 30.0 Å². The van der Waals surface area contributed by atoms with Crippen molar-refractivity contribution in [3.05, 3.63) is 95.6 Å². The molecule has 0 bridgehead atoms. The normalized spacial score (nSPS) is 15.9. The standard InChI is InChI=1S/C33H34N4O3S.ClH/c1-21-26-17-18-33(2,40-31(26)28-6-4-3-5-27(28)30(21)39)19-20-41-25-14-12-23(13-15-25)36-29(38)16-9-22-7-10-24(11-8-22)37-32(34)35;/h3-16,39H,17-20H2,1-2H3,(H,36,38)(H4,34,35,37);1H/b16-9+;. The van der Waals surface area contributed by atoms with Gasteiger partial charge in [-0.1, -0.05) is 36.4 Å². The van der Waals surface area contributed by atoms with Gasteiger partial charge < -0.3 is 26.6 Å². The lowest BCUT2D eigenvalue weighted by Crippen LogP contribution is -2.37. The molecule has 218 valence electrons. The van der Waals surface area contributed by atoms with Crippen LogP contribution in [-0.4, -0.2) is 28.3 Å². The third kappa shape index (κ3) is 7.19. The van der Waals surface area contributed by atoms with Crippen LogP contribution >= 0.6 is 24.2 Å². The molecule has 5 rings (SSSR count). The fourth-order valence-electron chi connectivity index (χ4n) is 5.03. The molecular weight excluding hydrogens is 568 g/mol. The number of rotatable bonds is 8. The van der Waals surface area contributed by atoms with Crippen molar-refractivity contribution < 1.29 is 14.6 Å². The topological polar surface area (TPSA) is 123 Å². The van der Waals surface area contributed by atoms with Gasteiger partial charge in [-0.15, -0.1) is 24.2 Å². The smallest absolute Gasteiger partial charge is 0.248 e. The first-order chi connectivity index (χ1) is 19.7. The van der Waals surface area contributed by atoms with Crippen molar-refractivity contribution in [3.8, 4) is 11.5 Å². The van der Waals surface area contributed by atoms with E-state index < -0.39 is 0 Å². The fourth-order valence-corrected chi connectivity index (χ4v) is 6.13. The number of halogens is 1. The molecule has 1 heterocycles. The Bertz CT molecular complexity index is 1630. The summed E-state index contributed by atoms with van der Waals surface area (Å²) in [6.07, 6.45) is 5.90. The molecule has 0 spiro atoms. The Morgan fingerprint density at radius 2 is 1.76 bits per heavy atom. The first-order valence-electron chi connectivity index (χ1n) is 13.5. The molecule has 6 N–H and O–H groups in total. The Labute approximate surface area is 256 Å². The molecule has 1 amide bonds. The lowest BCUT2D eigenvalue weighted by molar-refractivity contribution is -0.111. The van der Waals surface area contributed by atoms with Crippen LogP contribution in [0.5, 0.6) is 11.5 Å². The van der Waals surface area contributed by atoms with Crippen molar-refractivity contribution in [2.75, 3.05) is 11.1 Å². The maximum atomic E-state index is 12.4. The first-order valence-corrected chi connectivity index (χ1v) is 14.5. The number of guanidine groups is 1. The van der Waals surface area contributed by atoms with Gasteiger partial charge in [0.05, 0.1) is 5.69 Å². The maximum Gasteiger partial charge on any atom is 0.248 e. The number of phenolic OH excluding ortho intramolecular Hbond substituents is 1. The molecule has 0 aliphatic carbocycles. The van der Waals surface area contributed by atoms with Crippen LogP contribution in [0.3, 0.4) is 0 Å². The van der Waals surface area contributed by atoms with Gasteiger partial charge in [0.15, 0.2) is 5.96 Å². The molecule has 42 heavy (non-hydrogen) atoms. The maximum absolute atomic E-state index is 12.4. The van der Waals surface area contributed by atoms with Crippen molar-refractivity contribution in [1.82, 2.24) is 0 Å². The predicted octanol–water partition coefficient (Wildman–Crippen LogP) is 7.10. The van der Waals surface area contributed by atoms with Crippen LogP contribution in [-0.2, 0) is 11.2 Å². The summed E-state index contributed by atoms with van der Waals surface area (Å²) in [5.74, 6) is 1.96. The number of carbonyl (C=O) groups is 1. The number of ether oxygens (including phenoxy) is 1. The van der Waals surface area contributed by atoms with E-state index in [2.05, 4.69) is 17.2 Å². The Morgan fingerprint density at radius 3 is 2.45 bits per heavy atom. The van der Waals surface area contributed by atoms with Gasteiger partial charge in [0.25, 0.3) is 0 Å². The number of fused-ring (bicyclic) bond motifs is 3. The number of nitrogens with zero attached hydrogens (tertiary/aromatic N) is 1. The molecule has 7 nitrogen and oxygen atoms in total. The highest BCUT2D eigenvalue weighted by molar-refractivity contribution is 7.99. The van der Waals surface area contributed by atoms with Gasteiger partial charge in [0, 0.05) is 38.7 Å². The number of aliphatic imine (C=N–C) groups is 1. The second-order valence-electron chi connectivity index (χ2n) is 10.5. The molecule has 4 aromatic rings. The Morgan fingerprint density at radius 1 is 1.07 bits per heavy atom. The summed E-state index contributed by atoms with van der Waals surface area (Å²) in [6.45, 7) is 4.15. The van der Waals surface area contributed by atoms with Gasteiger partial charge in [-0.3, -0.25) is 4.79 Å². The van der Waals surface area contributed by atoms with Crippen molar-refractivity contribution in [2.45, 2.75) is 43.6 Å². The van der Waals surface area contributed by atoms with E-state index >= 15 is 0 Å². The van der Waals surface area contributed by atoms with Crippen LogP contribution < -0.4 is 21.5 Å². The van der Waals surface area contributed by atoms with E-state index in [4.69, 9.17) is 16.2 Å². The SMILES string of the molecule is Cc1c2c(c3ccccc3c1O)OC(C)(CCSc1ccc(NC(=O)/C=C/c3ccc(N=C(N)N)cc3)cc1)CC2.Cl. The van der Waals surface area contributed by atoms with Crippen molar-refractivity contribution >= 4 is 64.3 Å². The van der Waals surface area contributed by atoms with Crippen LogP contribution in [0.25, 0.3) is 16.8 Å². The molecular formula is C33H35ClN4O3S. The summed E-state index contributed by atoms with van der Waals surface area (Å²) in [6, 6.07) is 23.0. The zero-order valence-corrected chi connectivity index (χ0v) is 25.2. The summed E-state index contributed by atoms with van der Waals surface area (Å²) in [5.41, 5.74) is 14.8. The largest absolute Gasteiger partial charge is 0.507 e. The molecule has 1 unspecified atom stereocenters. The monoisotopic (exact) mass is 602 g/mol. The van der Waals surface area contributed by atoms with Gasteiger partial charge in [-0.2, -0.15) is 0 Å². The minimum Gasteiger partial charge on any atom is -0.507 e. The second-order valence-corrected chi connectivity index (χ2v) is 11.6. The average Bonchev–Trinajstić information content (AvgIpc) is 2.96. The third-order valence-electron chi connectivity index (χ3n) is 7.36. The highest BCUT2D eigenvalue weighted by atomic mass is 35.5. The van der Waals surface area contributed by atoms with Crippen LogP contribution in [0.2, 0.25) is 0 Å². The Hall–Kier alpha value is -4.14. The van der Waals surface area contributed by atoms with Crippen LogP contribution in [0.15, 0.2) is 88.8 Å². The minimum atomic E-state index is -0.280. The summed E-state index contributed by atoms with van der Waals surface area (Å²) in [5, 5.41) is 15.4. The highest BCUT2D eigenvalue weighted by Gasteiger charge is 2.34. The number of hydrogen-bond donors (Lipinski definition) is 4. The van der Waals surface area contributed by atoms with Gasteiger partial charge in [0.1, 0.15) is 17.1 Å². The molecule has 9 heteroatoms. The van der Waals surface area contributed by atoms with Crippen LogP contribution in [0.4, 0.5) is 11.4 Å². The quantitative estimate of drug-likeness (QED) is 0.0738. The molecule has 1 aliphatic rings. The molecule has 0 saturated heterocycles. The highest BCUT2D eigenvalue weighted by Crippen LogP contribution is 2.46. The lowest BCUT2D eigenvalue weighted by atomic mass is 9.86. The van der Waals surface area contributed by atoms with Gasteiger partial charge in [-0.25, -0.2) is 4.99 Å². The molecule has 0 aromatic heterocycles. The number of aromatic hydroxyl groups is 1. The number of nitrogens with one attached hydrogen (secondary N) is 1. The molecule has 0 saturated carbocycles. The van der Waals surface area contributed by atoms with Crippen LogP contribution in [0, 0.1) is 6.92 Å². The molecule has 0 radical (unpaired) electrons. The van der Waals surface area contributed by atoms with Crippen molar-refractivity contribution in [2.24, 2.45) is 16.5 Å². The van der Waals surface area contributed by atoms with Gasteiger partial charge in [0.2, 0.25) is 5.91 Å². The number of nitrogens with two attached hydrogens (primary N) is 2. The molecule has 0 fully saturated rings. The first kappa shape index (κ1) is 30.8. The van der Waals surface area contributed by atoms with Crippen molar-refractivity contribution in [1.29, 1.82) is 0 Å². The van der Waals surface area contributed by atoms with E-state index in [1.165, 1.54) is 6.08 Å². The van der Waals surface area contributed by atoms with Crippen LogP contribution in [0.1, 0.15) is 36.5 Å². The number of benzene rings is 4.